The first-order chi connectivity index (χ1) is 8.31. The second kappa shape index (κ2) is 6.19. The molecule has 1 aromatic heterocycles. The fourth-order valence-corrected chi connectivity index (χ4v) is 2.17. The Morgan fingerprint density at radius 3 is 2.94 bits per heavy atom. The maximum atomic E-state index is 8.95. The lowest BCUT2D eigenvalue weighted by atomic mass is 10.2. The van der Waals surface area contributed by atoms with Crippen LogP contribution >= 0.6 is 0 Å². The van der Waals surface area contributed by atoms with Crippen LogP contribution in [0.5, 0.6) is 0 Å². The molecule has 1 saturated heterocycles. The quantitative estimate of drug-likeness (QED) is 0.870. The van der Waals surface area contributed by atoms with E-state index in [0.29, 0.717) is 11.9 Å². The molecule has 1 unspecified atom stereocenters. The number of rotatable bonds is 4. The number of ether oxygens (including phenoxy) is 1. The minimum absolute atomic E-state index is 0.0271. The molecule has 1 aromatic rings. The maximum absolute atomic E-state index is 8.95. The molecule has 96 valence electrons. The lowest BCUT2D eigenvalue weighted by Gasteiger charge is -2.21. The van der Waals surface area contributed by atoms with Crippen molar-refractivity contribution >= 4 is 0 Å². The Kier molecular flexibility index (Phi) is 4.59. The van der Waals surface area contributed by atoms with Gasteiger partial charge in [0.1, 0.15) is 18.1 Å². The van der Waals surface area contributed by atoms with Crippen molar-refractivity contribution in [3.05, 3.63) is 23.7 Å². The maximum Gasteiger partial charge on any atom is 0.129 e. The van der Waals surface area contributed by atoms with Gasteiger partial charge in [-0.3, -0.25) is 4.90 Å². The summed E-state index contributed by atoms with van der Waals surface area (Å²) in [6.07, 6.45) is 2.46. The zero-order chi connectivity index (χ0) is 12.1. The van der Waals surface area contributed by atoms with Crippen LogP contribution in [-0.2, 0) is 17.9 Å². The van der Waals surface area contributed by atoms with Gasteiger partial charge in [-0.05, 0) is 25.0 Å². The Balaban J connectivity index is 1.92. The van der Waals surface area contributed by atoms with Crippen LogP contribution in [0.2, 0.25) is 0 Å². The van der Waals surface area contributed by atoms with E-state index in [0.717, 1.165) is 44.8 Å². The minimum atomic E-state index is -0.0271. The molecule has 2 rings (SSSR count). The van der Waals surface area contributed by atoms with Crippen molar-refractivity contribution in [2.75, 3.05) is 19.7 Å². The number of aliphatic hydroxyl groups excluding tert-OH is 1. The van der Waals surface area contributed by atoms with Crippen LogP contribution in [0, 0.1) is 0 Å². The van der Waals surface area contributed by atoms with Gasteiger partial charge in [0.05, 0.1) is 12.6 Å². The number of hydrogen-bond donors (Lipinski definition) is 1. The van der Waals surface area contributed by atoms with E-state index in [-0.39, 0.29) is 6.61 Å². The predicted octanol–water partition coefficient (Wildman–Crippen LogP) is 1.77. The molecular formula is C13H21NO3. The molecule has 0 aromatic carbocycles. The Bertz CT molecular complexity index is 337. The van der Waals surface area contributed by atoms with E-state index >= 15 is 0 Å². The fraction of sp³-hybridized carbons (Fsp3) is 0.692. The van der Waals surface area contributed by atoms with Crippen molar-refractivity contribution in [1.82, 2.24) is 4.90 Å². The third kappa shape index (κ3) is 3.56. The van der Waals surface area contributed by atoms with Crippen LogP contribution in [0.15, 0.2) is 16.5 Å². The molecule has 1 aliphatic heterocycles. The number of furan rings is 1. The highest BCUT2D eigenvalue weighted by Gasteiger charge is 2.18. The molecule has 0 saturated carbocycles. The summed E-state index contributed by atoms with van der Waals surface area (Å²) in [6.45, 7) is 5.80. The van der Waals surface area contributed by atoms with Gasteiger partial charge in [0.25, 0.3) is 0 Å². The first kappa shape index (κ1) is 12.6. The Morgan fingerprint density at radius 2 is 2.24 bits per heavy atom. The van der Waals surface area contributed by atoms with Gasteiger partial charge in [-0.25, -0.2) is 0 Å². The molecule has 1 N–H and O–H groups in total. The van der Waals surface area contributed by atoms with Gasteiger partial charge >= 0.3 is 0 Å². The first-order valence-electron chi connectivity index (χ1n) is 6.34. The number of hydrogen-bond acceptors (Lipinski definition) is 4. The van der Waals surface area contributed by atoms with Gasteiger partial charge < -0.3 is 14.3 Å². The van der Waals surface area contributed by atoms with Gasteiger partial charge in [0.2, 0.25) is 0 Å². The van der Waals surface area contributed by atoms with Gasteiger partial charge in [0.15, 0.2) is 0 Å². The fourth-order valence-electron chi connectivity index (χ4n) is 2.17. The van der Waals surface area contributed by atoms with Crippen LogP contribution in [0.25, 0.3) is 0 Å². The standard InChI is InChI=1S/C13H21NO3/c1-2-11-8-14(6-3-7-16-11)9-12-4-5-13(10-15)17-12/h4-5,11,15H,2-3,6-10H2,1H3. The van der Waals surface area contributed by atoms with Crippen LogP contribution in [0.3, 0.4) is 0 Å². The molecule has 0 aliphatic carbocycles. The van der Waals surface area contributed by atoms with Gasteiger partial charge in [-0.2, -0.15) is 0 Å². The SMILES string of the molecule is CCC1CN(Cc2ccc(CO)o2)CCCO1. The average Bonchev–Trinajstić information content (AvgIpc) is 2.67. The van der Waals surface area contributed by atoms with Crippen LogP contribution < -0.4 is 0 Å². The summed E-state index contributed by atoms with van der Waals surface area (Å²) < 4.78 is 11.2. The summed E-state index contributed by atoms with van der Waals surface area (Å²) in [5.74, 6) is 1.56. The lowest BCUT2D eigenvalue weighted by molar-refractivity contribution is 0.0500. The molecule has 0 bridgehead atoms. The van der Waals surface area contributed by atoms with Crippen molar-refractivity contribution < 1.29 is 14.3 Å². The monoisotopic (exact) mass is 239 g/mol. The van der Waals surface area contributed by atoms with Crippen molar-refractivity contribution in [3.8, 4) is 0 Å². The highest BCUT2D eigenvalue weighted by Crippen LogP contribution is 2.14. The second-order valence-electron chi connectivity index (χ2n) is 4.52. The van der Waals surface area contributed by atoms with E-state index in [1.165, 1.54) is 0 Å². The van der Waals surface area contributed by atoms with E-state index < -0.39 is 0 Å². The molecule has 0 amide bonds. The Labute approximate surface area is 102 Å². The molecular weight excluding hydrogens is 218 g/mol. The van der Waals surface area contributed by atoms with E-state index in [2.05, 4.69) is 11.8 Å². The smallest absolute Gasteiger partial charge is 0.129 e. The highest BCUT2D eigenvalue weighted by molar-refractivity contribution is 5.06. The largest absolute Gasteiger partial charge is 0.462 e. The van der Waals surface area contributed by atoms with Crippen LogP contribution in [0.1, 0.15) is 31.3 Å². The third-order valence-electron chi connectivity index (χ3n) is 3.14. The molecule has 1 aliphatic rings. The summed E-state index contributed by atoms with van der Waals surface area (Å²) >= 11 is 0. The zero-order valence-corrected chi connectivity index (χ0v) is 10.4. The Morgan fingerprint density at radius 1 is 1.41 bits per heavy atom. The molecule has 0 spiro atoms. The highest BCUT2D eigenvalue weighted by atomic mass is 16.5. The summed E-state index contributed by atoms with van der Waals surface area (Å²) in [7, 11) is 0. The summed E-state index contributed by atoms with van der Waals surface area (Å²) in [5, 5.41) is 8.95. The molecule has 1 fully saturated rings. The number of nitrogens with zero attached hydrogens (tertiary/aromatic N) is 1. The van der Waals surface area contributed by atoms with Crippen molar-refractivity contribution in [3.63, 3.8) is 0 Å². The van der Waals surface area contributed by atoms with Gasteiger partial charge in [-0.1, -0.05) is 6.92 Å². The molecule has 4 nitrogen and oxygen atoms in total. The normalized spacial score (nSPS) is 22.6. The average molecular weight is 239 g/mol. The molecule has 17 heavy (non-hydrogen) atoms. The lowest BCUT2D eigenvalue weighted by Crippen LogP contribution is -2.30. The van der Waals surface area contributed by atoms with E-state index in [4.69, 9.17) is 14.3 Å². The predicted molar refractivity (Wildman–Crippen MR) is 64.6 cm³/mol. The van der Waals surface area contributed by atoms with E-state index in [1.54, 1.807) is 0 Å². The molecule has 4 heteroatoms. The van der Waals surface area contributed by atoms with E-state index in [9.17, 15) is 0 Å². The number of aliphatic hydroxyl groups is 1. The zero-order valence-electron chi connectivity index (χ0n) is 10.4. The summed E-state index contributed by atoms with van der Waals surface area (Å²) in [4.78, 5) is 2.36. The molecule has 2 heterocycles. The van der Waals surface area contributed by atoms with Crippen LogP contribution in [-0.4, -0.2) is 35.8 Å². The minimum Gasteiger partial charge on any atom is -0.462 e. The van der Waals surface area contributed by atoms with Gasteiger partial charge in [-0.15, -0.1) is 0 Å². The van der Waals surface area contributed by atoms with Crippen molar-refractivity contribution in [2.45, 2.75) is 39.0 Å². The summed E-state index contributed by atoms with van der Waals surface area (Å²) in [6, 6.07) is 3.78. The second-order valence-corrected chi connectivity index (χ2v) is 4.52. The third-order valence-corrected chi connectivity index (χ3v) is 3.14. The molecule has 0 radical (unpaired) electrons. The van der Waals surface area contributed by atoms with E-state index in [1.807, 2.05) is 12.1 Å². The van der Waals surface area contributed by atoms with Crippen LogP contribution in [0.4, 0.5) is 0 Å². The summed E-state index contributed by atoms with van der Waals surface area (Å²) in [5.41, 5.74) is 0. The Hall–Kier alpha value is -0.840. The first-order valence-corrected chi connectivity index (χ1v) is 6.34. The topological polar surface area (TPSA) is 45.8 Å². The van der Waals surface area contributed by atoms with Crippen molar-refractivity contribution in [1.29, 1.82) is 0 Å². The molecule has 1 atom stereocenters. The van der Waals surface area contributed by atoms with Gasteiger partial charge in [0, 0.05) is 19.7 Å². The van der Waals surface area contributed by atoms with Crippen molar-refractivity contribution in [2.24, 2.45) is 0 Å².